The summed E-state index contributed by atoms with van der Waals surface area (Å²) in [4.78, 5) is 22.8. The molecule has 1 amide bonds. The lowest BCUT2D eigenvalue weighted by atomic mass is 10.1. The van der Waals surface area contributed by atoms with Gasteiger partial charge in [-0.3, -0.25) is 4.90 Å². The zero-order valence-corrected chi connectivity index (χ0v) is 21.4. The van der Waals surface area contributed by atoms with Gasteiger partial charge in [-0.1, -0.05) is 12.1 Å². The number of hydrogen-bond donors (Lipinski definition) is 1. The molecule has 0 aliphatic carbocycles. The summed E-state index contributed by atoms with van der Waals surface area (Å²) in [6.45, 7) is 7.50. The van der Waals surface area contributed by atoms with Gasteiger partial charge in [0.1, 0.15) is 14.8 Å². The van der Waals surface area contributed by atoms with Crippen molar-refractivity contribution in [3.05, 3.63) is 57.0 Å². The Kier molecular flexibility index (Phi) is 8.47. The van der Waals surface area contributed by atoms with Gasteiger partial charge in [0.05, 0.1) is 17.4 Å². The smallest absolute Gasteiger partial charge is 0.410 e. The summed E-state index contributed by atoms with van der Waals surface area (Å²) in [6.07, 6.45) is 4.14. The quantitative estimate of drug-likeness (QED) is 0.449. The van der Waals surface area contributed by atoms with Gasteiger partial charge >= 0.3 is 6.09 Å². The Morgan fingerprint density at radius 2 is 1.68 bits per heavy atom. The number of likely N-dealkylation sites (tertiary alicyclic amines) is 1. The average molecular weight is 554 g/mol. The first-order chi connectivity index (χ1) is 14.7. The Morgan fingerprint density at radius 1 is 1.03 bits per heavy atom. The molecule has 0 radical (unpaired) electrons. The fraction of sp³-hybridized carbons (Fsp3) is 0.522. The lowest BCUT2D eigenvalue weighted by Gasteiger charge is -2.28. The van der Waals surface area contributed by atoms with Crippen molar-refractivity contribution in [1.29, 1.82) is 0 Å². The molecule has 0 spiro atoms. The van der Waals surface area contributed by atoms with Crippen LogP contribution in [0.3, 0.4) is 0 Å². The molecular weight excluding hydrogens is 524 g/mol. The molecule has 0 aromatic carbocycles. The third kappa shape index (κ3) is 7.26. The predicted octanol–water partition coefficient (Wildman–Crippen LogP) is 6.18. The Labute approximate surface area is 201 Å². The van der Waals surface area contributed by atoms with Gasteiger partial charge in [0, 0.05) is 12.6 Å². The summed E-state index contributed by atoms with van der Waals surface area (Å²) in [6, 6.07) is 12.3. The van der Waals surface area contributed by atoms with Crippen LogP contribution in [0.2, 0.25) is 0 Å². The SMILES string of the molecule is Brc1cccc(C2CCCN2)n1.CC(C)(C)OC(=O)N1CCCC1c1cccc(Br)n1. The van der Waals surface area contributed by atoms with E-state index in [9.17, 15) is 4.79 Å². The second-order valence-corrected chi connectivity index (χ2v) is 10.4. The van der Waals surface area contributed by atoms with Crippen LogP contribution in [0.4, 0.5) is 4.79 Å². The van der Waals surface area contributed by atoms with Crippen molar-refractivity contribution in [2.75, 3.05) is 13.1 Å². The Morgan fingerprint density at radius 3 is 2.26 bits per heavy atom. The first kappa shape index (κ1) is 24.1. The van der Waals surface area contributed by atoms with Gasteiger partial charge in [0.2, 0.25) is 0 Å². The minimum atomic E-state index is -0.463. The predicted molar refractivity (Wildman–Crippen MR) is 129 cm³/mol. The molecule has 4 rings (SSSR count). The van der Waals surface area contributed by atoms with Crippen molar-refractivity contribution in [1.82, 2.24) is 20.2 Å². The Bertz CT molecular complexity index is 882. The van der Waals surface area contributed by atoms with Crippen LogP contribution in [0.1, 0.15) is 69.9 Å². The summed E-state index contributed by atoms with van der Waals surface area (Å²) in [7, 11) is 0. The first-order valence-electron chi connectivity index (χ1n) is 10.7. The van der Waals surface area contributed by atoms with Gasteiger partial charge in [-0.05, 0) is 109 Å². The summed E-state index contributed by atoms with van der Waals surface area (Å²) < 4.78 is 7.17. The standard InChI is InChI=1S/C14H19BrN2O2.C9H11BrN2/c1-14(2,3)19-13(18)17-9-5-7-11(17)10-6-4-8-12(15)16-10;10-9-5-1-3-8(12-9)7-4-2-6-11-7/h4,6,8,11H,5,7,9H2,1-3H3;1,3,5,7,11H,2,4,6H2. The highest BCUT2D eigenvalue weighted by atomic mass is 79.9. The molecule has 31 heavy (non-hydrogen) atoms. The topological polar surface area (TPSA) is 67.4 Å². The number of carbonyl (C=O) groups is 1. The van der Waals surface area contributed by atoms with Crippen molar-refractivity contribution in [3.8, 4) is 0 Å². The average Bonchev–Trinajstić information content (AvgIpc) is 3.39. The molecule has 8 heteroatoms. The molecule has 2 aliphatic heterocycles. The highest BCUT2D eigenvalue weighted by Crippen LogP contribution is 2.32. The van der Waals surface area contributed by atoms with E-state index in [0.717, 1.165) is 46.5 Å². The zero-order chi connectivity index (χ0) is 22.4. The van der Waals surface area contributed by atoms with Crippen LogP contribution < -0.4 is 5.32 Å². The number of carbonyl (C=O) groups excluding carboxylic acids is 1. The second kappa shape index (κ2) is 10.9. The van der Waals surface area contributed by atoms with Gasteiger partial charge in [0.15, 0.2) is 0 Å². The molecule has 2 saturated heterocycles. The van der Waals surface area contributed by atoms with E-state index in [4.69, 9.17) is 4.74 Å². The number of ether oxygens (including phenoxy) is 1. The maximum atomic E-state index is 12.2. The number of halogens is 2. The number of hydrogen-bond acceptors (Lipinski definition) is 5. The monoisotopic (exact) mass is 552 g/mol. The largest absolute Gasteiger partial charge is 0.444 e. The lowest BCUT2D eigenvalue weighted by molar-refractivity contribution is 0.0221. The van der Waals surface area contributed by atoms with E-state index in [-0.39, 0.29) is 12.1 Å². The summed E-state index contributed by atoms with van der Waals surface area (Å²) >= 11 is 6.74. The number of nitrogens with one attached hydrogen (secondary N) is 1. The molecule has 1 N–H and O–H groups in total. The number of pyridine rings is 2. The first-order valence-corrected chi connectivity index (χ1v) is 12.3. The molecule has 0 bridgehead atoms. The molecule has 6 nitrogen and oxygen atoms in total. The molecular formula is C23H30Br2N4O2. The van der Waals surface area contributed by atoms with Gasteiger partial charge in [-0.15, -0.1) is 0 Å². The van der Waals surface area contributed by atoms with Crippen LogP contribution in [0.25, 0.3) is 0 Å². The van der Waals surface area contributed by atoms with E-state index in [0.29, 0.717) is 6.04 Å². The minimum absolute atomic E-state index is 0.0207. The van der Waals surface area contributed by atoms with E-state index < -0.39 is 5.60 Å². The number of amides is 1. The van der Waals surface area contributed by atoms with E-state index in [1.165, 1.54) is 12.8 Å². The van der Waals surface area contributed by atoms with Gasteiger partial charge < -0.3 is 10.1 Å². The maximum absolute atomic E-state index is 12.2. The van der Waals surface area contributed by atoms with E-state index in [2.05, 4.69) is 53.2 Å². The van der Waals surface area contributed by atoms with Crippen LogP contribution in [0.5, 0.6) is 0 Å². The highest BCUT2D eigenvalue weighted by molar-refractivity contribution is 9.10. The summed E-state index contributed by atoms with van der Waals surface area (Å²) in [5, 5.41) is 3.42. The van der Waals surface area contributed by atoms with Gasteiger partial charge in [-0.25, -0.2) is 14.8 Å². The van der Waals surface area contributed by atoms with Crippen LogP contribution in [0, 0.1) is 0 Å². The Hall–Kier alpha value is -1.51. The van der Waals surface area contributed by atoms with Crippen molar-refractivity contribution >= 4 is 38.0 Å². The molecule has 2 atom stereocenters. The fourth-order valence-electron chi connectivity index (χ4n) is 3.78. The molecule has 0 saturated carbocycles. The molecule has 2 aromatic heterocycles. The van der Waals surface area contributed by atoms with E-state index in [1.807, 2.05) is 51.1 Å². The fourth-order valence-corrected chi connectivity index (χ4v) is 4.49. The van der Waals surface area contributed by atoms with Crippen LogP contribution in [-0.2, 0) is 4.74 Å². The normalized spacial score (nSPS) is 20.9. The van der Waals surface area contributed by atoms with Crippen molar-refractivity contribution in [3.63, 3.8) is 0 Å². The number of aromatic nitrogens is 2. The number of nitrogens with zero attached hydrogens (tertiary/aromatic N) is 3. The molecule has 168 valence electrons. The van der Waals surface area contributed by atoms with Crippen LogP contribution in [-0.4, -0.2) is 39.7 Å². The summed E-state index contributed by atoms with van der Waals surface area (Å²) in [5.41, 5.74) is 1.61. The van der Waals surface area contributed by atoms with Crippen molar-refractivity contribution in [2.24, 2.45) is 0 Å². The molecule has 2 aromatic rings. The highest BCUT2D eigenvalue weighted by Gasteiger charge is 2.33. The lowest BCUT2D eigenvalue weighted by Crippen LogP contribution is -2.36. The van der Waals surface area contributed by atoms with E-state index >= 15 is 0 Å². The Balaban J connectivity index is 0.000000194. The van der Waals surface area contributed by atoms with Crippen molar-refractivity contribution in [2.45, 2.75) is 64.1 Å². The third-order valence-electron chi connectivity index (χ3n) is 5.11. The minimum Gasteiger partial charge on any atom is -0.444 e. The van der Waals surface area contributed by atoms with Gasteiger partial charge in [-0.2, -0.15) is 0 Å². The zero-order valence-electron chi connectivity index (χ0n) is 18.3. The van der Waals surface area contributed by atoms with Crippen molar-refractivity contribution < 1.29 is 9.53 Å². The maximum Gasteiger partial charge on any atom is 0.410 e. The molecule has 2 fully saturated rings. The summed E-state index contributed by atoms with van der Waals surface area (Å²) in [5.74, 6) is 0. The molecule has 4 heterocycles. The molecule has 2 aliphatic rings. The van der Waals surface area contributed by atoms with E-state index in [1.54, 1.807) is 4.90 Å². The van der Waals surface area contributed by atoms with Crippen LogP contribution >= 0.6 is 31.9 Å². The third-order valence-corrected chi connectivity index (χ3v) is 6.00. The van der Waals surface area contributed by atoms with Crippen LogP contribution in [0.15, 0.2) is 45.6 Å². The van der Waals surface area contributed by atoms with Gasteiger partial charge in [0.25, 0.3) is 0 Å². The number of rotatable bonds is 2. The molecule has 2 unspecified atom stereocenters. The second-order valence-electron chi connectivity index (χ2n) is 8.75.